The van der Waals surface area contributed by atoms with Crippen molar-refractivity contribution < 1.29 is 10.2 Å². The molecule has 0 aliphatic carbocycles. The van der Waals surface area contributed by atoms with E-state index < -0.39 is 6.29 Å². The molecular weight excluding hydrogens is 103 g/mol. The van der Waals surface area contributed by atoms with Crippen molar-refractivity contribution >= 4 is 12.4 Å². The van der Waals surface area contributed by atoms with Crippen molar-refractivity contribution in [1.82, 2.24) is 0 Å². The van der Waals surface area contributed by atoms with Crippen molar-refractivity contribution in [3.05, 3.63) is 0 Å². The highest BCUT2D eigenvalue weighted by atomic mass is 35.5. The highest BCUT2D eigenvalue weighted by Crippen LogP contribution is 1.77. The third-order valence-electron chi connectivity index (χ3n) is 0.365. The fourth-order valence-electron chi connectivity index (χ4n) is 0. The normalized spacial score (nSPS) is 8.00. The van der Waals surface area contributed by atoms with Gasteiger partial charge in [0, 0.05) is 0 Å². The zero-order valence-electron chi connectivity index (χ0n) is 3.59. The van der Waals surface area contributed by atoms with Gasteiger partial charge in [-0.3, -0.25) is 0 Å². The van der Waals surface area contributed by atoms with Gasteiger partial charge in [0.15, 0.2) is 6.29 Å². The smallest absolute Gasteiger partial charge is 0.151 e. The van der Waals surface area contributed by atoms with Crippen LogP contribution in [-0.4, -0.2) is 16.5 Å². The van der Waals surface area contributed by atoms with Gasteiger partial charge in [-0.05, 0) is 6.42 Å². The van der Waals surface area contributed by atoms with Crippen molar-refractivity contribution in [3.63, 3.8) is 0 Å². The Bertz CT molecular complexity index is 22.8. The number of halogens is 1. The molecule has 0 atom stereocenters. The van der Waals surface area contributed by atoms with E-state index in [9.17, 15) is 0 Å². The molecule has 0 aromatic carbocycles. The first-order valence-corrected chi connectivity index (χ1v) is 1.63. The number of rotatable bonds is 1. The lowest BCUT2D eigenvalue weighted by Gasteiger charge is -1.90. The summed E-state index contributed by atoms with van der Waals surface area (Å²) >= 11 is 0. The molecule has 0 aliphatic rings. The fraction of sp³-hybridized carbons (Fsp3) is 1.00. The molecule has 0 aliphatic heterocycles. The van der Waals surface area contributed by atoms with Crippen molar-refractivity contribution in [2.75, 3.05) is 0 Å². The highest BCUT2D eigenvalue weighted by molar-refractivity contribution is 5.85. The molecule has 0 aromatic heterocycles. The molecular formula is C3H9ClO2. The highest BCUT2D eigenvalue weighted by Gasteiger charge is 1.83. The van der Waals surface area contributed by atoms with Crippen LogP contribution in [0.5, 0.6) is 0 Å². The molecule has 0 amide bonds. The van der Waals surface area contributed by atoms with Gasteiger partial charge >= 0.3 is 0 Å². The summed E-state index contributed by atoms with van der Waals surface area (Å²) in [5.74, 6) is 0. The molecule has 0 fully saturated rings. The standard InChI is InChI=1S/C3H8O2.ClH/c1-2-3(4)5;/h3-5H,2H2,1H3;1H. The molecule has 2 nitrogen and oxygen atoms in total. The number of hydrogen-bond acceptors (Lipinski definition) is 2. The van der Waals surface area contributed by atoms with Gasteiger partial charge in [-0.15, -0.1) is 12.4 Å². The van der Waals surface area contributed by atoms with Crippen molar-refractivity contribution in [1.29, 1.82) is 0 Å². The SMILES string of the molecule is CCC(O)O.Cl. The van der Waals surface area contributed by atoms with Gasteiger partial charge in [-0.25, -0.2) is 0 Å². The molecule has 2 N–H and O–H groups in total. The summed E-state index contributed by atoms with van der Waals surface area (Å²) in [6.07, 6.45) is -0.699. The molecule has 0 saturated carbocycles. The Hall–Kier alpha value is 0.210. The Morgan fingerprint density at radius 3 is 1.67 bits per heavy atom. The molecule has 0 saturated heterocycles. The minimum atomic E-state index is -1.12. The van der Waals surface area contributed by atoms with Gasteiger partial charge in [0.1, 0.15) is 0 Å². The Labute approximate surface area is 43.2 Å². The van der Waals surface area contributed by atoms with Crippen LogP contribution in [0, 0.1) is 0 Å². The van der Waals surface area contributed by atoms with Crippen molar-refractivity contribution in [3.8, 4) is 0 Å². The van der Waals surface area contributed by atoms with Crippen LogP contribution < -0.4 is 0 Å². The van der Waals surface area contributed by atoms with Crippen LogP contribution in [0.3, 0.4) is 0 Å². The lowest BCUT2D eigenvalue weighted by molar-refractivity contribution is -0.0413. The van der Waals surface area contributed by atoms with Crippen LogP contribution in [0.4, 0.5) is 0 Å². The van der Waals surface area contributed by atoms with E-state index in [1.54, 1.807) is 6.92 Å². The Kier molecular flexibility index (Phi) is 8.26. The minimum Gasteiger partial charge on any atom is -0.368 e. The molecule has 0 bridgehead atoms. The topological polar surface area (TPSA) is 40.5 Å². The van der Waals surface area contributed by atoms with Gasteiger partial charge < -0.3 is 10.2 Å². The predicted molar refractivity (Wildman–Crippen MR) is 25.8 cm³/mol. The van der Waals surface area contributed by atoms with Crippen molar-refractivity contribution in [2.24, 2.45) is 0 Å². The molecule has 3 heteroatoms. The molecule has 6 heavy (non-hydrogen) atoms. The number of aliphatic hydroxyl groups is 2. The first-order chi connectivity index (χ1) is 2.27. The number of hydrogen-bond donors (Lipinski definition) is 2. The number of aliphatic hydroxyl groups excluding tert-OH is 1. The van der Waals surface area contributed by atoms with E-state index in [-0.39, 0.29) is 12.4 Å². The first kappa shape index (κ1) is 9.51. The summed E-state index contributed by atoms with van der Waals surface area (Å²) < 4.78 is 0. The van der Waals surface area contributed by atoms with E-state index in [4.69, 9.17) is 10.2 Å². The molecule has 0 aromatic rings. The van der Waals surface area contributed by atoms with Crippen LogP contribution >= 0.6 is 12.4 Å². The molecule has 0 rings (SSSR count). The summed E-state index contributed by atoms with van der Waals surface area (Å²) in [7, 11) is 0. The molecule has 0 unspecified atom stereocenters. The molecule has 0 spiro atoms. The molecule has 0 radical (unpaired) electrons. The lowest BCUT2D eigenvalue weighted by Crippen LogP contribution is -1.99. The van der Waals surface area contributed by atoms with Crippen LogP contribution in [0.1, 0.15) is 13.3 Å². The third kappa shape index (κ3) is 8.88. The van der Waals surface area contributed by atoms with Gasteiger partial charge in [-0.2, -0.15) is 0 Å². The summed E-state index contributed by atoms with van der Waals surface area (Å²) in [6, 6.07) is 0. The summed E-state index contributed by atoms with van der Waals surface area (Å²) in [6.45, 7) is 1.70. The van der Waals surface area contributed by atoms with Crippen LogP contribution in [0.25, 0.3) is 0 Å². The van der Waals surface area contributed by atoms with Crippen LogP contribution in [-0.2, 0) is 0 Å². The second-order valence-electron chi connectivity index (χ2n) is 0.889. The van der Waals surface area contributed by atoms with Gasteiger partial charge in [0.2, 0.25) is 0 Å². The van der Waals surface area contributed by atoms with Crippen molar-refractivity contribution in [2.45, 2.75) is 19.6 Å². The maximum Gasteiger partial charge on any atom is 0.151 e. The Balaban J connectivity index is 0. The average Bonchev–Trinajstić information content (AvgIpc) is 1.38. The quantitative estimate of drug-likeness (QED) is 0.474. The average molecular weight is 113 g/mol. The fourth-order valence-corrected chi connectivity index (χ4v) is 0. The molecule has 0 heterocycles. The minimum absolute atomic E-state index is 0. The first-order valence-electron chi connectivity index (χ1n) is 1.63. The zero-order chi connectivity index (χ0) is 4.28. The Morgan fingerprint density at radius 2 is 1.67 bits per heavy atom. The van der Waals surface area contributed by atoms with Crippen LogP contribution in [0.15, 0.2) is 0 Å². The summed E-state index contributed by atoms with van der Waals surface area (Å²) in [5.41, 5.74) is 0. The van der Waals surface area contributed by atoms with Gasteiger partial charge in [0.25, 0.3) is 0 Å². The zero-order valence-corrected chi connectivity index (χ0v) is 4.40. The van der Waals surface area contributed by atoms with E-state index in [0.717, 1.165) is 0 Å². The van der Waals surface area contributed by atoms with Crippen LogP contribution in [0.2, 0.25) is 0 Å². The maximum atomic E-state index is 7.92. The second-order valence-corrected chi connectivity index (χ2v) is 0.889. The van der Waals surface area contributed by atoms with E-state index in [0.29, 0.717) is 6.42 Å². The van der Waals surface area contributed by atoms with E-state index in [1.165, 1.54) is 0 Å². The van der Waals surface area contributed by atoms with E-state index in [1.807, 2.05) is 0 Å². The van der Waals surface area contributed by atoms with Gasteiger partial charge in [-0.1, -0.05) is 6.92 Å². The third-order valence-corrected chi connectivity index (χ3v) is 0.365. The lowest BCUT2D eigenvalue weighted by atomic mass is 10.5. The monoisotopic (exact) mass is 112 g/mol. The van der Waals surface area contributed by atoms with Gasteiger partial charge in [0.05, 0.1) is 0 Å². The molecule has 40 valence electrons. The second kappa shape index (κ2) is 5.21. The van der Waals surface area contributed by atoms with E-state index >= 15 is 0 Å². The maximum absolute atomic E-state index is 7.92. The van der Waals surface area contributed by atoms with E-state index in [2.05, 4.69) is 0 Å². The summed E-state index contributed by atoms with van der Waals surface area (Å²) in [5, 5.41) is 15.8. The predicted octanol–water partition coefficient (Wildman–Crippen LogP) is 0.129. The Morgan fingerprint density at radius 1 is 1.50 bits per heavy atom. The largest absolute Gasteiger partial charge is 0.368 e. The summed E-state index contributed by atoms with van der Waals surface area (Å²) in [4.78, 5) is 0.